The number of benzene rings is 1. The van der Waals surface area contributed by atoms with Crippen molar-refractivity contribution in [1.29, 1.82) is 0 Å². The summed E-state index contributed by atoms with van der Waals surface area (Å²) < 4.78 is 0. The van der Waals surface area contributed by atoms with Gasteiger partial charge in [-0.05, 0) is 116 Å². The van der Waals surface area contributed by atoms with E-state index in [0.717, 1.165) is 30.1 Å². The lowest BCUT2D eigenvalue weighted by Crippen LogP contribution is -2.33. The molecule has 0 aliphatic heterocycles. The van der Waals surface area contributed by atoms with E-state index in [-0.39, 0.29) is 0 Å². The van der Waals surface area contributed by atoms with Crippen LogP contribution in [0.2, 0.25) is 0 Å². The zero-order valence-corrected chi connectivity index (χ0v) is 27.3. The van der Waals surface area contributed by atoms with E-state index in [9.17, 15) is 0 Å². The molecule has 1 heterocycles. The second-order valence-electron chi connectivity index (χ2n) is 15.2. The van der Waals surface area contributed by atoms with E-state index in [4.69, 9.17) is 0 Å². The lowest BCUT2D eigenvalue weighted by atomic mass is 9.63. The molecule has 2 aromatic rings. The average molecular weight is 546 g/mol. The molecule has 224 valence electrons. The fourth-order valence-corrected chi connectivity index (χ4v) is 9.60. The van der Waals surface area contributed by atoms with E-state index in [1.807, 2.05) is 0 Å². The molecule has 2 aliphatic rings. The molecule has 0 saturated heterocycles. The van der Waals surface area contributed by atoms with E-state index in [0.29, 0.717) is 16.7 Å². The van der Waals surface area contributed by atoms with Crippen LogP contribution in [0.15, 0.2) is 42.6 Å². The van der Waals surface area contributed by atoms with Gasteiger partial charge in [-0.2, -0.15) is 0 Å². The maximum atomic E-state index is 4.61. The number of aromatic nitrogens is 1. The Labute approximate surface area is 248 Å². The third kappa shape index (κ3) is 7.28. The number of H-pyrrole nitrogens is 1. The first-order chi connectivity index (χ1) is 19.2. The van der Waals surface area contributed by atoms with Crippen molar-refractivity contribution in [3.63, 3.8) is 0 Å². The standard InChI is InChI=1S/C39H63N/c1-8-15-29(3)31(27-32-28-40-37-20-11-10-19-35(32)37)16-14-18-34-23-24-36(39(34,7)25-9-2)30(4)21-22-33-17-12-13-26-38(33,5)6/h10-11,19-20,28,30-31,33-34,36,40H,3,8-9,12-18,21-27H2,1-2,4-7H3. The SMILES string of the molecule is C=C(CCC)C(CCCC1CCC(C(C)CCC2CCCCC2(C)C)C1(C)CCC)Cc1c[nH]c2ccccc12. The molecule has 2 fully saturated rings. The molecular formula is C39H63N. The molecule has 6 atom stereocenters. The molecule has 1 N–H and O–H groups in total. The topological polar surface area (TPSA) is 15.8 Å². The Kier molecular flexibility index (Phi) is 11.1. The number of allylic oxidation sites excluding steroid dienone is 1. The first kappa shape index (κ1) is 31.4. The van der Waals surface area contributed by atoms with Crippen molar-refractivity contribution < 1.29 is 0 Å². The highest BCUT2D eigenvalue weighted by Crippen LogP contribution is 2.56. The molecular weight excluding hydrogens is 482 g/mol. The van der Waals surface area contributed by atoms with Crippen LogP contribution in [0, 0.1) is 40.4 Å². The minimum absolute atomic E-state index is 0.531. The molecule has 40 heavy (non-hydrogen) atoms. The molecule has 1 aromatic carbocycles. The third-order valence-electron chi connectivity index (χ3n) is 12.2. The second kappa shape index (κ2) is 14.1. The predicted molar refractivity (Wildman–Crippen MR) is 177 cm³/mol. The number of fused-ring (bicyclic) bond motifs is 1. The zero-order valence-electron chi connectivity index (χ0n) is 27.3. The van der Waals surface area contributed by atoms with Gasteiger partial charge in [0.2, 0.25) is 0 Å². The lowest BCUT2D eigenvalue weighted by molar-refractivity contribution is 0.0749. The lowest BCUT2D eigenvalue weighted by Gasteiger charge is -2.42. The number of rotatable bonds is 15. The Balaban J connectivity index is 1.36. The summed E-state index contributed by atoms with van der Waals surface area (Å²) in [6.07, 6.45) is 24.3. The number of nitrogens with one attached hydrogen (secondary N) is 1. The van der Waals surface area contributed by atoms with Crippen LogP contribution in [0.5, 0.6) is 0 Å². The Hall–Kier alpha value is -1.50. The first-order valence-corrected chi connectivity index (χ1v) is 17.4. The Morgan fingerprint density at radius 1 is 0.975 bits per heavy atom. The van der Waals surface area contributed by atoms with Gasteiger partial charge < -0.3 is 4.98 Å². The van der Waals surface area contributed by atoms with E-state index < -0.39 is 0 Å². The van der Waals surface area contributed by atoms with E-state index in [1.165, 1.54) is 118 Å². The van der Waals surface area contributed by atoms with Gasteiger partial charge in [0.05, 0.1) is 0 Å². The van der Waals surface area contributed by atoms with Gasteiger partial charge in [0.15, 0.2) is 0 Å². The van der Waals surface area contributed by atoms with E-state index in [1.54, 1.807) is 0 Å². The largest absolute Gasteiger partial charge is 0.361 e. The summed E-state index contributed by atoms with van der Waals surface area (Å²) in [7, 11) is 0. The molecule has 2 aliphatic carbocycles. The van der Waals surface area contributed by atoms with Gasteiger partial charge in [0.1, 0.15) is 0 Å². The smallest absolute Gasteiger partial charge is 0.0456 e. The van der Waals surface area contributed by atoms with Crippen molar-refractivity contribution in [2.24, 2.45) is 40.4 Å². The van der Waals surface area contributed by atoms with Gasteiger partial charge in [0, 0.05) is 17.1 Å². The van der Waals surface area contributed by atoms with Gasteiger partial charge >= 0.3 is 0 Å². The van der Waals surface area contributed by atoms with E-state index in [2.05, 4.69) is 83.6 Å². The number of para-hydroxylation sites is 1. The van der Waals surface area contributed by atoms with Crippen molar-refractivity contribution in [3.8, 4) is 0 Å². The molecule has 0 bridgehead atoms. The summed E-state index contributed by atoms with van der Waals surface area (Å²) in [4.78, 5) is 3.51. The number of hydrogen-bond donors (Lipinski definition) is 1. The molecule has 6 unspecified atom stereocenters. The zero-order chi connectivity index (χ0) is 28.8. The highest BCUT2D eigenvalue weighted by atomic mass is 14.7. The van der Waals surface area contributed by atoms with Gasteiger partial charge in [-0.25, -0.2) is 0 Å². The molecule has 0 amide bonds. The van der Waals surface area contributed by atoms with Crippen LogP contribution in [0.1, 0.15) is 143 Å². The Morgan fingerprint density at radius 2 is 1.77 bits per heavy atom. The monoisotopic (exact) mass is 545 g/mol. The normalized spacial score (nSPS) is 28.1. The van der Waals surface area contributed by atoms with Crippen LogP contribution >= 0.6 is 0 Å². The molecule has 1 heteroatoms. The third-order valence-corrected chi connectivity index (χ3v) is 12.2. The minimum atomic E-state index is 0.531. The Morgan fingerprint density at radius 3 is 2.52 bits per heavy atom. The van der Waals surface area contributed by atoms with Crippen molar-refractivity contribution in [3.05, 3.63) is 48.2 Å². The molecule has 4 rings (SSSR count). The van der Waals surface area contributed by atoms with Gasteiger partial charge in [-0.15, -0.1) is 0 Å². The maximum absolute atomic E-state index is 4.61. The van der Waals surface area contributed by atoms with Crippen LogP contribution in [0.3, 0.4) is 0 Å². The van der Waals surface area contributed by atoms with Crippen LogP contribution in [0.4, 0.5) is 0 Å². The quantitative estimate of drug-likeness (QED) is 0.214. The molecule has 2 saturated carbocycles. The maximum Gasteiger partial charge on any atom is 0.0456 e. The predicted octanol–water partition coefficient (Wildman–Crippen LogP) is 12.3. The summed E-state index contributed by atoms with van der Waals surface area (Å²) in [6, 6.07) is 8.80. The summed E-state index contributed by atoms with van der Waals surface area (Å²) in [6.45, 7) is 19.8. The van der Waals surface area contributed by atoms with Gasteiger partial charge in [-0.3, -0.25) is 0 Å². The summed E-state index contributed by atoms with van der Waals surface area (Å²) in [5, 5.41) is 1.40. The fraction of sp³-hybridized carbons (Fsp3) is 0.744. The van der Waals surface area contributed by atoms with Crippen molar-refractivity contribution in [2.75, 3.05) is 0 Å². The molecule has 1 nitrogen and oxygen atoms in total. The second-order valence-corrected chi connectivity index (χ2v) is 15.2. The first-order valence-electron chi connectivity index (χ1n) is 17.4. The fourth-order valence-electron chi connectivity index (χ4n) is 9.60. The number of hydrogen-bond acceptors (Lipinski definition) is 0. The summed E-state index contributed by atoms with van der Waals surface area (Å²) in [5.74, 6) is 4.24. The van der Waals surface area contributed by atoms with Crippen molar-refractivity contribution in [1.82, 2.24) is 4.98 Å². The van der Waals surface area contributed by atoms with Gasteiger partial charge in [0.25, 0.3) is 0 Å². The Bertz CT molecular complexity index is 1060. The summed E-state index contributed by atoms with van der Waals surface area (Å²) in [5.41, 5.74) is 5.32. The van der Waals surface area contributed by atoms with Crippen LogP contribution in [0.25, 0.3) is 10.9 Å². The van der Waals surface area contributed by atoms with Crippen LogP contribution in [-0.2, 0) is 6.42 Å². The number of aromatic amines is 1. The average Bonchev–Trinajstić information content (AvgIpc) is 3.48. The molecule has 0 spiro atoms. The van der Waals surface area contributed by atoms with E-state index >= 15 is 0 Å². The van der Waals surface area contributed by atoms with Crippen LogP contribution in [-0.4, -0.2) is 4.98 Å². The highest BCUT2D eigenvalue weighted by molar-refractivity contribution is 5.83. The minimum Gasteiger partial charge on any atom is -0.361 e. The summed E-state index contributed by atoms with van der Waals surface area (Å²) >= 11 is 0. The van der Waals surface area contributed by atoms with Gasteiger partial charge in [-0.1, -0.05) is 110 Å². The van der Waals surface area contributed by atoms with Crippen molar-refractivity contribution >= 4 is 10.9 Å². The van der Waals surface area contributed by atoms with Crippen LogP contribution < -0.4 is 0 Å². The molecule has 0 radical (unpaired) electrons. The molecule has 1 aromatic heterocycles. The highest BCUT2D eigenvalue weighted by Gasteiger charge is 2.47. The van der Waals surface area contributed by atoms with Crippen molar-refractivity contribution in [2.45, 2.75) is 144 Å².